The second kappa shape index (κ2) is 7.64. The molecule has 7 heteroatoms. The summed E-state index contributed by atoms with van der Waals surface area (Å²) in [6.07, 6.45) is -0.187. The molecule has 1 aromatic carbocycles. The molecule has 0 fully saturated rings. The number of benzene rings is 1. The molecule has 2 rings (SSSR count). The van der Waals surface area contributed by atoms with E-state index < -0.39 is 12.0 Å². The summed E-state index contributed by atoms with van der Waals surface area (Å²) < 4.78 is 10.3. The Bertz CT molecular complexity index is 662. The number of carbonyl (C=O) groups is 2. The van der Waals surface area contributed by atoms with E-state index in [-0.39, 0.29) is 12.3 Å². The average molecular weight is 335 g/mol. The molecule has 1 amide bonds. The predicted octanol–water partition coefficient (Wildman–Crippen LogP) is 2.71. The summed E-state index contributed by atoms with van der Waals surface area (Å²) in [4.78, 5) is 24.3. The van der Waals surface area contributed by atoms with Crippen LogP contribution in [0.2, 0.25) is 0 Å². The minimum absolute atomic E-state index is 0.187. The lowest BCUT2D eigenvalue weighted by Gasteiger charge is -2.16. The molecular formula is C16H17NO5S. The second-order valence-corrected chi connectivity index (χ2v) is 5.72. The number of rotatable bonds is 7. The highest BCUT2D eigenvalue weighted by molar-refractivity contribution is 7.10. The molecule has 0 saturated heterocycles. The molecule has 0 radical (unpaired) electrons. The molecule has 1 heterocycles. The number of ether oxygens (including phenoxy) is 2. The van der Waals surface area contributed by atoms with Crippen LogP contribution in [0.4, 0.5) is 0 Å². The maximum Gasteiger partial charge on any atom is 0.305 e. The fourth-order valence-corrected chi connectivity index (χ4v) is 2.84. The van der Waals surface area contributed by atoms with Gasteiger partial charge in [0.15, 0.2) is 0 Å². The van der Waals surface area contributed by atoms with Crippen LogP contribution in [0.5, 0.6) is 11.5 Å². The van der Waals surface area contributed by atoms with E-state index in [0.717, 1.165) is 4.88 Å². The third kappa shape index (κ3) is 4.46. The van der Waals surface area contributed by atoms with Gasteiger partial charge in [0.05, 0.1) is 26.7 Å². The average Bonchev–Trinajstić information content (AvgIpc) is 3.07. The minimum Gasteiger partial charge on any atom is -0.497 e. The Kier molecular flexibility index (Phi) is 5.59. The van der Waals surface area contributed by atoms with Crippen molar-refractivity contribution < 1.29 is 24.2 Å². The number of carbonyl (C=O) groups excluding carboxylic acids is 1. The van der Waals surface area contributed by atoms with Crippen molar-refractivity contribution in [1.29, 1.82) is 0 Å². The first-order chi connectivity index (χ1) is 11.0. The molecule has 0 aliphatic heterocycles. The molecule has 1 aromatic heterocycles. The number of nitrogens with one attached hydrogen (secondary N) is 1. The van der Waals surface area contributed by atoms with Gasteiger partial charge in [-0.25, -0.2) is 0 Å². The molecule has 0 spiro atoms. The third-order valence-electron chi connectivity index (χ3n) is 3.18. The van der Waals surface area contributed by atoms with Crippen LogP contribution in [0.1, 0.15) is 27.7 Å². The van der Waals surface area contributed by atoms with Crippen molar-refractivity contribution in [2.24, 2.45) is 0 Å². The highest BCUT2D eigenvalue weighted by Gasteiger charge is 2.20. The van der Waals surface area contributed by atoms with Gasteiger partial charge in [0.1, 0.15) is 11.5 Å². The van der Waals surface area contributed by atoms with Crippen molar-refractivity contribution in [3.63, 3.8) is 0 Å². The van der Waals surface area contributed by atoms with E-state index in [9.17, 15) is 9.59 Å². The predicted molar refractivity (Wildman–Crippen MR) is 86.3 cm³/mol. The van der Waals surface area contributed by atoms with Gasteiger partial charge in [-0.2, -0.15) is 0 Å². The van der Waals surface area contributed by atoms with Crippen molar-refractivity contribution in [1.82, 2.24) is 5.32 Å². The van der Waals surface area contributed by atoms with Gasteiger partial charge in [0, 0.05) is 16.5 Å². The number of carboxylic acid groups (broad SMARTS) is 1. The molecule has 122 valence electrons. The Hall–Kier alpha value is -2.54. The Labute approximate surface area is 137 Å². The van der Waals surface area contributed by atoms with Gasteiger partial charge >= 0.3 is 5.97 Å². The fraction of sp³-hybridized carbons (Fsp3) is 0.250. The van der Waals surface area contributed by atoms with Crippen LogP contribution in [-0.4, -0.2) is 31.2 Å². The van der Waals surface area contributed by atoms with Gasteiger partial charge in [0.2, 0.25) is 0 Å². The van der Waals surface area contributed by atoms with E-state index >= 15 is 0 Å². The van der Waals surface area contributed by atoms with Crippen LogP contribution in [0.3, 0.4) is 0 Å². The topological polar surface area (TPSA) is 84.9 Å². The molecule has 0 bridgehead atoms. The first kappa shape index (κ1) is 16.8. The molecule has 0 unspecified atom stereocenters. The number of methoxy groups -OCH3 is 2. The van der Waals surface area contributed by atoms with Gasteiger partial charge in [-0.15, -0.1) is 11.3 Å². The Morgan fingerprint density at radius 2 is 1.87 bits per heavy atom. The number of hydrogen-bond donors (Lipinski definition) is 2. The van der Waals surface area contributed by atoms with Gasteiger partial charge in [-0.1, -0.05) is 6.07 Å². The van der Waals surface area contributed by atoms with Crippen molar-refractivity contribution in [3.05, 3.63) is 46.2 Å². The summed E-state index contributed by atoms with van der Waals surface area (Å²) in [5.41, 5.74) is 0.341. The van der Waals surface area contributed by atoms with E-state index in [1.54, 1.807) is 24.3 Å². The molecular weight excluding hydrogens is 318 g/mol. The maximum absolute atomic E-state index is 12.5. The van der Waals surface area contributed by atoms with Crippen molar-refractivity contribution >= 4 is 23.2 Å². The normalized spacial score (nSPS) is 11.6. The van der Waals surface area contributed by atoms with Crippen LogP contribution < -0.4 is 14.8 Å². The fourth-order valence-electron chi connectivity index (χ4n) is 2.07. The summed E-state index contributed by atoms with van der Waals surface area (Å²) >= 11 is 1.40. The van der Waals surface area contributed by atoms with E-state index in [0.29, 0.717) is 17.1 Å². The van der Waals surface area contributed by atoms with E-state index in [1.807, 2.05) is 11.4 Å². The number of amides is 1. The molecule has 0 aliphatic carbocycles. The van der Waals surface area contributed by atoms with Crippen LogP contribution in [-0.2, 0) is 4.79 Å². The van der Waals surface area contributed by atoms with E-state index in [2.05, 4.69) is 5.32 Å². The van der Waals surface area contributed by atoms with Crippen LogP contribution >= 0.6 is 11.3 Å². The largest absolute Gasteiger partial charge is 0.497 e. The summed E-state index contributed by atoms with van der Waals surface area (Å²) in [6, 6.07) is 7.83. The van der Waals surface area contributed by atoms with Crippen LogP contribution in [0.15, 0.2) is 35.7 Å². The summed E-state index contributed by atoms with van der Waals surface area (Å²) in [6.45, 7) is 0. The van der Waals surface area contributed by atoms with Gasteiger partial charge in [-0.3, -0.25) is 9.59 Å². The summed E-state index contributed by atoms with van der Waals surface area (Å²) in [5, 5.41) is 13.6. The Morgan fingerprint density at radius 1 is 1.22 bits per heavy atom. The van der Waals surface area contributed by atoms with E-state index in [1.165, 1.54) is 25.6 Å². The zero-order valence-electron chi connectivity index (χ0n) is 12.7. The standard InChI is InChI=1S/C16H17NO5S/c1-21-11-6-10(7-12(8-11)22-2)16(20)17-13(9-15(18)19)14-4-3-5-23-14/h3-8,13H,9H2,1-2H3,(H,17,20)(H,18,19)/t13-/m1/s1. The van der Waals surface area contributed by atoms with Gasteiger partial charge < -0.3 is 19.9 Å². The number of aliphatic carboxylic acids is 1. The number of carboxylic acids is 1. The first-order valence-corrected chi connectivity index (χ1v) is 7.70. The lowest BCUT2D eigenvalue weighted by Crippen LogP contribution is -2.29. The number of hydrogen-bond acceptors (Lipinski definition) is 5. The molecule has 23 heavy (non-hydrogen) atoms. The van der Waals surface area contributed by atoms with Gasteiger partial charge in [-0.05, 0) is 23.6 Å². The SMILES string of the molecule is COc1cc(OC)cc(C(=O)N[C@H](CC(=O)O)c2cccs2)c1. The van der Waals surface area contributed by atoms with Crippen molar-refractivity contribution in [2.45, 2.75) is 12.5 Å². The Balaban J connectivity index is 2.23. The zero-order valence-corrected chi connectivity index (χ0v) is 13.6. The highest BCUT2D eigenvalue weighted by atomic mass is 32.1. The quantitative estimate of drug-likeness (QED) is 0.813. The molecule has 0 saturated carbocycles. The molecule has 2 aromatic rings. The molecule has 1 atom stereocenters. The molecule has 2 N–H and O–H groups in total. The van der Waals surface area contributed by atoms with Crippen LogP contribution in [0.25, 0.3) is 0 Å². The summed E-state index contributed by atoms with van der Waals surface area (Å²) in [7, 11) is 2.99. The minimum atomic E-state index is -0.980. The molecule has 0 aliphatic rings. The second-order valence-electron chi connectivity index (χ2n) is 4.74. The third-order valence-corrected chi connectivity index (χ3v) is 4.17. The highest BCUT2D eigenvalue weighted by Crippen LogP contribution is 2.25. The van der Waals surface area contributed by atoms with Gasteiger partial charge in [0.25, 0.3) is 5.91 Å². The molecule has 6 nitrogen and oxygen atoms in total. The maximum atomic E-state index is 12.5. The monoisotopic (exact) mass is 335 g/mol. The van der Waals surface area contributed by atoms with Crippen molar-refractivity contribution in [2.75, 3.05) is 14.2 Å². The smallest absolute Gasteiger partial charge is 0.305 e. The lowest BCUT2D eigenvalue weighted by atomic mass is 10.1. The Morgan fingerprint density at radius 3 is 2.35 bits per heavy atom. The number of thiophene rings is 1. The van der Waals surface area contributed by atoms with Crippen LogP contribution in [0, 0.1) is 0 Å². The van der Waals surface area contributed by atoms with Crippen molar-refractivity contribution in [3.8, 4) is 11.5 Å². The zero-order chi connectivity index (χ0) is 16.8. The van der Waals surface area contributed by atoms with E-state index in [4.69, 9.17) is 14.6 Å². The summed E-state index contributed by atoms with van der Waals surface area (Å²) in [5.74, 6) is -0.394. The lowest BCUT2D eigenvalue weighted by molar-refractivity contribution is -0.137. The first-order valence-electron chi connectivity index (χ1n) is 6.82.